The molecule has 8 nitrogen and oxygen atoms in total. The molecule has 0 atom stereocenters. The first-order valence-electron chi connectivity index (χ1n) is 9.79. The van der Waals surface area contributed by atoms with Gasteiger partial charge in [0.15, 0.2) is 0 Å². The van der Waals surface area contributed by atoms with Crippen LogP contribution in [0.25, 0.3) is 0 Å². The molecule has 1 amide bonds. The number of benzene rings is 2. The van der Waals surface area contributed by atoms with Gasteiger partial charge >= 0.3 is 0 Å². The van der Waals surface area contributed by atoms with Crippen molar-refractivity contribution in [2.24, 2.45) is 0 Å². The number of hydrogen-bond acceptors (Lipinski definition) is 7. The van der Waals surface area contributed by atoms with Gasteiger partial charge in [-0.05, 0) is 54.6 Å². The van der Waals surface area contributed by atoms with E-state index in [2.05, 4.69) is 20.3 Å². The number of ether oxygens (including phenoxy) is 2. The van der Waals surface area contributed by atoms with Gasteiger partial charge in [-0.3, -0.25) is 14.7 Å². The van der Waals surface area contributed by atoms with Crippen LogP contribution in [0, 0.1) is 0 Å². The summed E-state index contributed by atoms with van der Waals surface area (Å²) < 4.78 is 10.5. The first-order chi connectivity index (χ1) is 15.7. The number of hydrogen-bond donors (Lipinski definition) is 1. The minimum atomic E-state index is -0.273. The first-order valence-corrected chi connectivity index (χ1v) is 9.79. The molecule has 1 N–H and O–H groups in total. The largest absolute Gasteiger partial charge is 0.497 e. The second kappa shape index (κ2) is 9.57. The minimum Gasteiger partial charge on any atom is -0.497 e. The zero-order chi connectivity index (χ0) is 22.3. The third-order valence-corrected chi connectivity index (χ3v) is 4.65. The average molecular weight is 427 g/mol. The molecule has 0 saturated heterocycles. The van der Waals surface area contributed by atoms with Crippen molar-refractivity contribution >= 4 is 28.9 Å². The van der Waals surface area contributed by atoms with Crippen LogP contribution >= 0.6 is 0 Å². The van der Waals surface area contributed by atoms with Crippen LogP contribution in [0.4, 0.5) is 23.0 Å². The summed E-state index contributed by atoms with van der Waals surface area (Å²) in [5, 5.41) is 2.89. The molecule has 0 radical (unpaired) electrons. The van der Waals surface area contributed by atoms with Crippen LogP contribution in [0.2, 0.25) is 0 Å². The van der Waals surface area contributed by atoms with Crippen molar-refractivity contribution in [2.45, 2.75) is 0 Å². The molecular formula is C24H21N5O3. The summed E-state index contributed by atoms with van der Waals surface area (Å²) in [6, 6.07) is 18.0. The van der Waals surface area contributed by atoms with Crippen molar-refractivity contribution in [3.05, 3.63) is 91.0 Å². The topological polar surface area (TPSA) is 89.5 Å². The molecule has 0 aliphatic heterocycles. The van der Waals surface area contributed by atoms with Crippen molar-refractivity contribution in [3.63, 3.8) is 0 Å². The van der Waals surface area contributed by atoms with Gasteiger partial charge in [0.1, 0.15) is 11.5 Å². The van der Waals surface area contributed by atoms with Crippen LogP contribution in [0.5, 0.6) is 11.5 Å². The highest BCUT2D eigenvalue weighted by Gasteiger charge is 2.15. The van der Waals surface area contributed by atoms with Gasteiger partial charge in [0.25, 0.3) is 5.91 Å². The maximum absolute atomic E-state index is 12.8. The van der Waals surface area contributed by atoms with E-state index in [0.29, 0.717) is 28.7 Å². The van der Waals surface area contributed by atoms with Crippen LogP contribution in [-0.2, 0) is 0 Å². The molecule has 0 spiro atoms. The number of aromatic nitrogens is 3. The van der Waals surface area contributed by atoms with Gasteiger partial charge in [-0.15, -0.1) is 0 Å². The van der Waals surface area contributed by atoms with E-state index < -0.39 is 0 Å². The van der Waals surface area contributed by atoms with Crippen molar-refractivity contribution in [1.29, 1.82) is 0 Å². The van der Waals surface area contributed by atoms with Gasteiger partial charge in [0.05, 0.1) is 26.1 Å². The molecule has 4 aromatic rings. The highest BCUT2D eigenvalue weighted by atomic mass is 16.5. The Bertz CT molecular complexity index is 1120. The minimum absolute atomic E-state index is 0.273. The fourth-order valence-corrected chi connectivity index (χ4v) is 3.11. The van der Waals surface area contributed by atoms with Crippen LogP contribution in [0.15, 0.2) is 85.5 Å². The summed E-state index contributed by atoms with van der Waals surface area (Å²) in [5.41, 5.74) is 2.71. The number of anilines is 4. The van der Waals surface area contributed by atoms with Crippen molar-refractivity contribution < 1.29 is 14.3 Å². The Hall–Kier alpha value is -4.46. The number of rotatable bonds is 7. The van der Waals surface area contributed by atoms with Gasteiger partial charge in [-0.1, -0.05) is 0 Å². The second-order valence-electron chi connectivity index (χ2n) is 6.70. The molecule has 0 aliphatic carbocycles. The zero-order valence-electron chi connectivity index (χ0n) is 17.6. The molecule has 32 heavy (non-hydrogen) atoms. The van der Waals surface area contributed by atoms with Gasteiger partial charge < -0.3 is 14.8 Å². The predicted octanol–water partition coefficient (Wildman–Crippen LogP) is 4.61. The fraction of sp³-hybridized carbons (Fsp3) is 0.0833. The Morgan fingerprint density at radius 3 is 2.12 bits per heavy atom. The Morgan fingerprint density at radius 2 is 1.53 bits per heavy atom. The van der Waals surface area contributed by atoms with E-state index in [1.165, 1.54) is 0 Å². The lowest BCUT2D eigenvalue weighted by atomic mass is 10.1. The summed E-state index contributed by atoms with van der Waals surface area (Å²) in [5.74, 6) is 1.32. The highest BCUT2D eigenvalue weighted by molar-refractivity contribution is 6.04. The average Bonchev–Trinajstić information content (AvgIpc) is 2.86. The van der Waals surface area contributed by atoms with E-state index in [4.69, 9.17) is 9.47 Å². The van der Waals surface area contributed by atoms with Crippen molar-refractivity contribution in [2.75, 3.05) is 24.4 Å². The lowest BCUT2D eigenvalue weighted by Crippen LogP contribution is -2.14. The second-order valence-corrected chi connectivity index (χ2v) is 6.70. The van der Waals surface area contributed by atoms with E-state index >= 15 is 0 Å². The van der Waals surface area contributed by atoms with Crippen LogP contribution in [0.3, 0.4) is 0 Å². The Labute approximate surface area is 185 Å². The van der Waals surface area contributed by atoms with Crippen LogP contribution in [-0.4, -0.2) is 35.1 Å². The molecule has 2 aromatic carbocycles. The summed E-state index contributed by atoms with van der Waals surface area (Å²) in [6.45, 7) is 0. The lowest BCUT2D eigenvalue weighted by molar-refractivity contribution is 0.102. The van der Waals surface area contributed by atoms with Gasteiger partial charge in [0, 0.05) is 41.6 Å². The standard InChI is InChI=1S/C24H21N5O3/c1-31-21-13-17(14-22(15-21)32-2)23(30)28-18-6-8-19(9-7-18)29(20-5-3-10-25-16-20)24-26-11-4-12-27-24/h3-16H,1-2H3,(H,28,30). The third-order valence-electron chi connectivity index (χ3n) is 4.65. The normalized spacial score (nSPS) is 10.3. The molecule has 0 fully saturated rings. The Balaban J connectivity index is 1.59. The SMILES string of the molecule is COc1cc(OC)cc(C(=O)Nc2ccc(N(c3cccnc3)c3ncccn3)cc2)c1. The summed E-state index contributed by atoms with van der Waals surface area (Å²) in [7, 11) is 3.08. The molecular weight excluding hydrogens is 406 g/mol. The summed E-state index contributed by atoms with van der Waals surface area (Å²) >= 11 is 0. The summed E-state index contributed by atoms with van der Waals surface area (Å²) in [6.07, 6.45) is 6.81. The molecule has 4 rings (SSSR count). The smallest absolute Gasteiger partial charge is 0.255 e. The number of amides is 1. The quantitative estimate of drug-likeness (QED) is 0.461. The van der Waals surface area contributed by atoms with E-state index in [0.717, 1.165) is 11.4 Å². The lowest BCUT2D eigenvalue weighted by Gasteiger charge is -2.22. The Morgan fingerprint density at radius 1 is 0.844 bits per heavy atom. The van der Waals surface area contributed by atoms with E-state index in [9.17, 15) is 4.79 Å². The van der Waals surface area contributed by atoms with Gasteiger partial charge in [0.2, 0.25) is 5.95 Å². The predicted molar refractivity (Wildman–Crippen MR) is 122 cm³/mol. The molecule has 0 unspecified atom stereocenters. The molecule has 0 aliphatic rings. The fourth-order valence-electron chi connectivity index (χ4n) is 3.11. The van der Waals surface area contributed by atoms with Gasteiger partial charge in [-0.25, -0.2) is 9.97 Å². The number of carbonyl (C=O) groups is 1. The third kappa shape index (κ3) is 4.65. The van der Waals surface area contributed by atoms with Crippen LogP contribution < -0.4 is 19.7 Å². The first kappa shape index (κ1) is 20.8. The molecule has 0 saturated carbocycles. The van der Waals surface area contributed by atoms with Crippen molar-refractivity contribution in [3.8, 4) is 11.5 Å². The molecule has 2 aromatic heterocycles. The summed E-state index contributed by atoms with van der Waals surface area (Å²) in [4.78, 5) is 27.6. The monoisotopic (exact) mass is 427 g/mol. The maximum atomic E-state index is 12.8. The van der Waals surface area contributed by atoms with E-state index in [1.807, 2.05) is 41.3 Å². The zero-order valence-corrected chi connectivity index (χ0v) is 17.6. The number of methoxy groups -OCH3 is 2. The molecule has 160 valence electrons. The molecule has 2 heterocycles. The van der Waals surface area contributed by atoms with Gasteiger partial charge in [-0.2, -0.15) is 0 Å². The van der Waals surface area contributed by atoms with E-state index in [1.54, 1.807) is 63.3 Å². The van der Waals surface area contributed by atoms with Crippen LogP contribution in [0.1, 0.15) is 10.4 Å². The van der Waals surface area contributed by atoms with Crippen molar-refractivity contribution in [1.82, 2.24) is 15.0 Å². The number of nitrogens with zero attached hydrogens (tertiary/aromatic N) is 4. The number of nitrogens with one attached hydrogen (secondary N) is 1. The Kier molecular flexibility index (Phi) is 6.22. The highest BCUT2D eigenvalue weighted by Crippen LogP contribution is 2.32. The maximum Gasteiger partial charge on any atom is 0.255 e. The molecule has 0 bridgehead atoms. The molecule has 8 heteroatoms. The number of pyridine rings is 1. The number of carbonyl (C=O) groups excluding carboxylic acids is 1. The van der Waals surface area contributed by atoms with E-state index in [-0.39, 0.29) is 5.91 Å².